The molecule has 0 saturated heterocycles. The lowest BCUT2D eigenvalue weighted by molar-refractivity contribution is 0.288. The van der Waals surface area contributed by atoms with E-state index < -0.39 is 0 Å². The Balaban J connectivity index is 1.83. The third-order valence-electron chi connectivity index (χ3n) is 4.11. The van der Waals surface area contributed by atoms with Crippen molar-refractivity contribution in [2.24, 2.45) is 0 Å². The van der Waals surface area contributed by atoms with Crippen LogP contribution >= 0.6 is 0 Å². The van der Waals surface area contributed by atoms with Crippen molar-refractivity contribution in [3.05, 3.63) is 59.8 Å². The van der Waals surface area contributed by atoms with Crippen molar-refractivity contribution in [2.45, 2.75) is 19.8 Å². The topological polar surface area (TPSA) is 51.6 Å². The van der Waals surface area contributed by atoms with E-state index in [0.29, 0.717) is 12.1 Å². The standard InChI is InChI=1S/C22H23NO3/c1-3-4-14-26-21-15-16(9-13-20(21)25-2)8-11-18-12-10-17-6-5-7-19(24)22(17)23-18/h5-13,15,24H,3-4,14H2,1-2H3. The first kappa shape index (κ1) is 17.8. The zero-order valence-corrected chi connectivity index (χ0v) is 15.1. The third-order valence-corrected chi connectivity index (χ3v) is 4.11. The number of phenolic OH excluding ortho intramolecular Hbond substituents is 1. The normalized spacial score (nSPS) is 11.2. The largest absolute Gasteiger partial charge is 0.506 e. The quantitative estimate of drug-likeness (QED) is 0.588. The molecule has 0 aliphatic carbocycles. The number of methoxy groups -OCH3 is 1. The van der Waals surface area contributed by atoms with Gasteiger partial charge in [-0.05, 0) is 42.3 Å². The van der Waals surface area contributed by atoms with Crippen molar-refractivity contribution in [1.82, 2.24) is 4.98 Å². The van der Waals surface area contributed by atoms with Gasteiger partial charge >= 0.3 is 0 Å². The summed E-state index contributed by atoms with van der Waals surface area (Å²) in [5.41, 5.74) is 2.38. The summed E-state index contributed by atoms with van der Waals surface area (Å²) >= 11 is 0. The molecule has 0 unspecified atom stereocenters. The van der Waals surface area contributed by atoms with Crippen LogP contribution in [0.15, 0.2) is 48.5 Å². The number of benzene rings is 2. The predicted molar refractivity (Wildman–Crippen MR) is 106 cm³/mol. The number of unbranched alkanes of at least 4 members (excludes halogenated alkanes) is 1. The first-order chi connectivity index (χ1) is 12.7. The van der Waals surface area contributed by atoms with Crippen LogP contribution in [0.3, 0.4) is 0 Å². The molecule has 134 valence electrons. The Bertz CT molecular complexity index is 918. The molecule has 4 heteroatoms. The summed E-state index contributed by atoms with van der Waals surface area (Å²) in [6, 6.07) is 15.1. The highest BCUT2D eigenvalue weighted by atomic mass is 16.5. The van der Waals surface area contributed by atoms with E-state index in [0.717, 1.165) is 41.0 Å². The van der Waals surface area contributed by atoms with Crippen LogP contribution in [0.1, 0.15) is 31.0 Å². The molecule has 1 heterocycles. The SMILES string of the molecule is CCCCOc1cc(C=Cc2ccc3cccc(O)c3n2)ccc1OC. The summed E-state index contributed by atoms with van der Waals surface area (Å²) in [5.74, 6) is 1.66. The van der Waals surface area contributed by atoms with Crippen LogP contribution < -0.4 is 9.47 Å². The summed E-state index contributed by atoms with van der Waals surface area (Å²) < 4.78 is 11.2. The zero-order chi connectivity index (χ0) is 18.4. The molecule has 1 aromatic heterocycles. The van der Waals surface area contributed by atoms with Gasteiger partial charge in [0, 0.05) is 5.39 Å². The van der Waals surface area contributed by atoms with Crippen molar-refractivity contribution in [1.29, 1.82) is 0 Å². The number of phenols is 1. The third kappa shape index (κ3) is 4.14. The monoisotopic (exact) mass is 349 g/mol. The second kappa shape index (κ2) is 8.39. The van der Waals surface area contributed by atoms with Gasteiger partial charge < -0.3 is 14.6 Å². The summed E-state index contributed by atoms with van der Waals surface area (Å²) in [6.45, 7) is 2.81. The minimum atomic E-state index is 0.189. The number of para-hydroxylation sites is 1. The van der Waals surface area contributed by atoms with Crippen molar-refractivity contribution in [3.63, 3.8) is 0 Å². The molecule has 0 bridgehead atoms. The number of hydrogen-bond donors (Lipinski definition) is 1. The van der Waals surface area contributed by atoms with E-state index in [4.69, 9.17) is 9.47 Å². The van der Waals surface area contributed by atoms with Gasteiger partial charge in [-0.2, -0.15) is 0 Å². The number of rotatable bonds is 7. The first-order valence-corrected chi connectivity index (χ1v) is 8.79. The zero-order valence-electron chi connectivity index (χ0n) is 15.1. The number of fused-ring (bicyclic) bond motifs is 1. The number of nitrogens with zero attached hydrogens (tertiary/aromatic N) is 1. The van der Waals surface area contributed by atoms with E-state index in [1.165, 1.54) is 0 Å². The molecule has 0 amide bonds. The summed E-state index contributed by atoms with van der Waals surface area (Å²) in [5, 5.41) is 10.9. The highest BCUT2D eigenvalue weighted by Crippen LogP contribution is 2.29. The molecule has 0 aliphatic rings. The molecule has 3 rings (SSSR count). The molecule has 2 aromatic carbocycles. The van der Waals surface area contributed by atoms with E-state index in [9.17, 15) is 5.11 Å². The van der Waals surface area contributed by atoms with Crippen molar-refractivity contribution >= 4 is 23.1 Å². The van der Waals surface area contributed by atoms with Gasteiger partial charge in [-0.1, -0.05) is 43.7 Å². The van der Waals surface area contributed by atoms with Gasteiger partial charge in [-0.25, -0.2) is 4.98 Å². The second-order valence-electron chi connectivity index (χ2n) is 6.03. The molecule has 0 atom stereocenters. The maximum atomic E-state index is 9.96. The molecular weight excluding hydrogens is 326 g/mol. The minimum absolute atomic E-state index is 0.189. The van der Waals surface area contributed by atoms with E-state index in [2.05, 4.69) is 11.9 Å². The smallest absolute Gasteiger partial charge is 0.161 e. The van der Waals surface area contributed by atoms with Crippen LogP contribution in [-0.4, -0.2) is 23.8 Å². The number of aromatic nitrogens is 1. The van der Waals surface area contributed by atoms with Crippen molar-refractivity contribution < 1.29 is 14.6 Å². The van der Waals surface area contributed by atoms with Crippen molar-refractivity contribution in [2.75, 3.05) is 13.7 Å². The lowest BCUT2D eigenvalue weighted by atomic mass is 10.1. The Kier molecular flexibility index (Phi) is 5.74. The molecule has 3 aromatic rings. The number of ether oxygens (including phenoxy) is 2. The van der Waals surface area contributed by atoms with Crippen LogP contribution in [0.25, 0.3) is 23.1 Å². The molecule has 0 aliphatic heterocycles. The molecular formula is C22H23NO3. The first-order valence-electron chi connectivity index (χ1n) is 8.79. The number of hydrogen-bond acceptors (Lipinski definition) is 4. The molecule has 4 nitrogen and oxygen atoms in total. The fourth-order valence-electron chi connectivity index (χ4n) is 2.66. The molecule has 1 N–H and O–H groups in total. The average Bonchev–Trinajstić information content (AvgIpc) is 2.67. The van der Waals surface area contributed by atoms with Gasteiger partial charge in [0.05, 0.1) is 19.4 Å². The Morgan fingerprint density at radius 3 is 2.73 bits per heavy atom. The Hall–Kier alpha value is -3.01. The summed E-state index contributed by atoms with van der Waals surface area (Å²) in [4.78, 5) is 4.51. The summed E-state index contributed by atoms with van der Waals surface area (Å²) in [7, 11) is 1.64. The van der Waals surface area contributed by atoms with Crippen LogP contribution in [0.2, 0.25) is 0 Å². The average molecular weight is 349 g/mol. The van der Waals surface area contributed by atoms with Crippen LogP contribution in [-0.2, 0) is 0 Å². The van der Waals surface area contributed by atoms with E-state index in [1.807, 2.05) is 54.6 Å². The molecule has 26 heavy (non-hydrogen) atoms. The summed E-state index contributed by atoms with van der Waals surface area (Å²) in [6.07, 6.45) is 5.99. The van der Waals surface area contributed by atoms with Gasteiger partial charge in [0.1, 0.15) is 11.3 Å². The van der Waals surface area contributed by atoms with Gasteiger partial charge in [-0.15, -0.1) is 0 Å². The fourth-order valence-corrected chi connectivity index (χ4v) is 2.66. The van der Waals surface area contributed by atoms with Crippen LogP contribution in [0.4, 0.5) is 0 Å². The van der Waals surface area contributed by atoms with Crippen LogP contribution in [0, 0.1) is 0 Å². The highest BCUT2D eigenvalue weighted by Gasteiger charge is 2.05. The molecule has 0 saturated carbocycles. The Labute approximate surface area is 153 Å². The van der Waals surface area contributed by atoms with Gasteiger partial charge in [0.25, 0.3) is 0 Å². The lowest BCUT2D eigenvalue weighted by Gasteiger charge is -2.11. The molecule has 0 spiro atoms. The predicted octanol–water partition coefficient (Wildman–Crippen LogP) is 5.30. The van der Waals surface area contributed by atoms with Crippen LogP contribution in [0.5, 0.6) is 17.2 Å². The molecule has 0 radical (unpaired) electrons. The van der Waals surface area contributed by atoms with E-state index >= 15 is 0 Å². The Morgan fingerprint density at radius 1 is 1.04 bits per heavy atom. The van der Waals surface area contributed by atoms with Crippen molar-refractivity contribution in [3.8, 4) is 17.2 Å². The maximum Gasteiger partial charge on any atom is 0.161 e. The second-order valence-corrected chi connectivity index (χ2v) is 6.03. The molecule has 0 fully saturated rings. The fraction of sp³-hybridized carbons (Fsp3) is 0.227. The van der Waals surface area contributed by atoms with E-state index in [-0.39, 0.29) is 5.75 Å². The van der Waals surface area contributed by atoms with Gasteiger partial charge in [-0.3, -0.25) is 0 Å². The van der Waals surface area contributed by atoms with Gasteiger partial charge in [0.15, 0.2) is 11.5 Å². The Morgan fingerprint density at radius 2 is 1.92 bits per heavy atom. The highest BCUT2D eigenvalue weighted by molar-refractivity contribution is 5.85. The number of pyridine rings is 1. The van der Waals surface area contributed by atoms with Gasteiger partial charge in [0.2, 0.25) is 0 Å². The lowest BCUT2D eigenvalue weighted by Crippen LogP contribution is -1.99. The van der Waals surface area contributed by atoms with E-state index in [1.54, 1.807) is 13.2 Å². The maximum absolute atomic E-state index is 9.96. The number of aromatic hydroxyl groups is 1. The minimum Gasteiger partial charge on any atom is -0.506 e.